The highest BCUT2D eigenvalue weighted by molar-refractivity contribution is 8.02. The molecule has 3 heterocycles. The summed E-state index contributed by atoms with van der Waals surface area (Å²) in [6.07, 6.45) is 4.57. The van der Waals surface area contributed by atoms with Crippen LogP contribution in [0.4, 0.5) is 11.4 Å². The molecule has 0 aliphatic carbocycles. The molecule has 5 rings (SSSR count). The van der Waals surface area contributed by atoms with Crippen molar-refractivity contribution < 1.29 is 24.2 Å². The van der Waals surface area contributed by atoms with Crippen LogP contribution in [0.5, 0.6) is 5.75 Å². The van der Waals surface area contributed by atoms with Gasteiger partial charge in [0.1, 0.15) is 11.8 Å². The van der Waals surface area contributed by atoms with Crippen LogP contribution in [-0.2, 0) is 14.4 Å². The van der Waals surface area contributed by atoms with Crippen LogP contribution in [0.3, 0.4) is 0 Å². The van der Waals surface area contributed by atoms with Gasteiger partial charge < -0.3 is 24.5 Å². The standard InChI is InChI=1S/C33H38ClN3O5S/c1-5-18-35(22-12-14-23(15-13-22)42-7-3)29(39)26-27-30(40)37(20-21-38)28(33(27)17-16-32(26,4)43-33)31(41)36(19-6-2)25-11-9-8-10-24(25)34/h5-6,8-15,26-28,38H,1-2,7,16-21H2,3-4H3/t26-,27+,28?,32+,33?/m1/s1. The minimum absolute atomic E-state index is 0.00854. The van der Waals surface area contributed by atoms with Crippen molar-refractivity contribution in [2.75, 3.05) is 42.6 Å². The fraction of sp³-hybridized carbons (Fsp3) is 0.424. The summed E-state index contributed by atoms with van der Waals surface area (Å²) in [7, 11) is 0. The van der Waals surface area contributed by atoms with Crippen LogP contribution in [0.25, 0.3) is 0 Å². The lowest BCUT2D eigenvalue weighted by atomic mass is 9.66. The summed E-state index contributed by atoms with van der Waals surface area (Å²) in [4.78, 5) is 48.2. The second-order valence-corrected chi connectivity index (χ2v) is 13.6. The van der Waals surface area contributed by atoms with E-state index in [-0.39, 0.29) is 44.0 Å². The van der Waals surface area contributed by atoms with Gasteiger partial charge in [0, 0.05) is 30.1 Å². The van der Waals surface area contributed by atoms with Crippen LogP contribution < -0.4 is 14.5 Å². The Morgan fingerprint density at radius 2 is 1.77 bits per heavy atom. The minimum atomic E-state index is -0.878. The number of anilines is 2. The van der Waals surface area contributed by atoms with Gasteiger partial charge in [-0.25, -0.2) is 0 Å². The molecule has 2 aromatic rings. The topological polar surface area (TPSA) is 90.4 Å². The Kier molecular flexibility index (Phi) is 8.97. The predicted molar refractivity (Wildman–Crippen MR) is 172 cm³/mol. The summed E-state index contributed by atoms with van der Waals surface area (Å²) in [5.41, 5.74) is 1.20. The first kappa shape index (κ1) is 31.2. The zero-order chi connectivity index (χ0) is 30.9. The van der Waals surface area contributed by atoms with Crippen molar-refractivity contribution in [1.29, 1.82) is 0 Å². The third-order valence-electron chi connectivity index (χ3n) is 8.88. The monoisotopic (exact) mass is 623 g/mol. The third kappa shape index (κ3) is 5.15. The highest BCUT2D eigenvalue weighted by Gasteiger charge is 2.77. The van der Waals surface area contributed by atoms with Gasteiger partial charge in [0.05, 0.1) is 40.5 Å². The van der Waals surface area contributed by atoms with Gasteiger partial charge >= 0.3 is 0 Å². The SMILES string of the molecule is C=CCN(C(=O)[C@H]1[C@H]2C(=O)N(CCO)C(C(=O)N(CC=C)c3ccccc3Cl)C23CC[C@]1(C)S3)c1ccc(OCC)cc1. The van der Waals surface area contributed by atoms with Crippen LogP contribution in [0.1, 0.15) is 26.7 Å². The number of amides is 3. The molecule has 228 valence electrons. The number of thioether (sulfide) groups is 1. The molecule has 5 atom stereocenters. The van der Waals surface area contributed by atoms with Crippen LogP contribution in [0.2, 0.25) is 5.02 Å². The lowest BCUT2D eigenvalue weighted by molar-refractivity contribution is -0.140. The van der Waals surface area contributed by atoms with Gasteiger partial charge in [0.15, 0.2) is 0 Å². The number of ether oxygens (including phenoxy) is 1. The summed E-state index contributed by atoms with van der Waals surface area (Å²) < 4.78 is 4.19. The molecule has 3 aliphatic heterocycles. The van der Waals surface area contributed by atoms with Crippen molar-refractivity contribution in [1.82, 2.24) is 4.90 Å². The Labute approximate surface area is 262 Å². The number of benzene rings is 2. The maximum Gasteiger partial charge on any atom is 0.251 e. The van der Waals surface area contributed by atoms with Gasteiger partial charge in [-0.15, -0.1) is 24.9 Å². The van der Waals surface area contributed by atoms with Gasteiger partial charge in [-0.3, -0.25) is 14.4 Å². The molecule has 2 bridgehead atoms. The van der Waals surface area contributed by atoms with E-state index >= 15 is 0 Å². The molecule has 43 heavy (non-hydrogen) atoms. The lowest BCUT2D eigenvalue weighted by Crippen LogP contribution is -2.55. The molecule has 0 saturated carbocycles. The molecule has 3 amide bonds. The number of β-amino-alcohol motifs (C(OH)–C–C–N with tert-alkyl or cyclic N) is 1. The average molecular weight is 624 g/mol. The molecule has 1 spiro atoms. The summed E-state index contributed by atoms with van der Waals surface area (Å²) in [6.45, 7) is 12.3. The van der Waals surface area contributed by atoms with Crippen molar-refractivity contribution in [3.05, 3.63) is 78.9 Å². The number of carbonyl (C=O) groups is 3. The number of rotatable bonds is 12. The van der Waals surface area contributed by atoms with Gasteiger partial charge in [0.2, 0.25) is 11.8 Å². The lowest BCUT2D eigenvalue weighted by Gasteiger charge is -2.38. The fourth-order valence-corrected chi connectivity index (χ4v) is 9.77. The molecule has 3 saturated heterocycles. The smallest absolute Gasteiger partial charge is 0.251 e. The molecule has 8 nitrogen and oxygen atoms in total. The molecule has 3 aliphatic rings. The predicted octanol–water partition coefficient (Wildman–Crippen LogP) is 4.95. The first-order valence-electron chi connectivity index (χ1n) is 14.6. The Morgan fingerprint density at radius 1 is 1.09 bits per heavy atom. The highest BCUT2D eigenvalue weighted by atomic mass is 35.5. The second-order valence-electron chi connectivity index (χ2n) is 11.3. The van der Waals surface area contributed by atoms with Gasteiger partial charge in [0.25, 0.3) is 5.91 Å². The third-order valence-corrected chi connectivity index (χ3v) is 11.2. The van der Waals surface area contributed by atoms with E-state index in [1.165, 1.54) is 4.90 Å². The Balaban J connectivity index is 1.56. The van der Waals surface area contributed by atoms with Gasteiger partial charge in [-0.1, -0.05) is 35.9 Å². The van der Waals surface area contributed by atoms with E-state index in [2.05, 4.69) is 13.2 Å². The summed E-state index contributed by atoms with van der Waals surface area (Å²) in [6, 6.07) is 13.5. The largest absolute Gasteiger partial charge is 0.494 e. The summed E-state index contributed by atoms with van der Waals surface area (Å²) in [5.74, 6) is -1.44. The van der Waals surface area contributed by atoms with Crippen molar-refractivity contribution >= 4 is 52.5 Å². The number of aliphatic hydroxyl groups excluding tert-OH is 1. The van der Waals surface area contributed by atoms with Crippen LogP contribution in [-0.4, -0.2) is 76.1 Å². The number of halogens is 1. The van der Waals surface area contributed by atoms with E-state index in [4.69, 9.17) is 16.3 Å². The number of carbonyl (C=O) groups excluding carboxylic acids is 3. The Morgan fingerprint density at radius 3 is 2.40 bits per heavy atom. The average Bonchev–Trinajstić information content (AvgIpc) is 3.56. The molecule has 0 aromatic heterocycles. The Hall–Kier alpha value is -3.27. The molecule has 2 unspecified atom stereocenters. The van der Waals surface area contributed by atoms with E-state index < -0.39 is 27.4 Å². The minimum Gasteiger partial charge on any atom is -0.494 e. The maximum absolute atomic E-state index is 14.6. The van der Waals surface area contributed by atoms with E-state index in [0.717, 1.165) is 0 Å². The first-order valence-corrected chi connectivity index (χ1v) is 15.8. The molecular weight excluding hydrogens is 586 g/mol. The van der Waals surface area contributed by atoms with Crippen molar-refractivity contribution in [2.24, 2.45) is 11.8 Å². The van der Waals surface area contributed by atoms with Crippen molar-refractivity contribution in [2.45, 2.75) is 42.2 Å². The van der Waals surface area contributed by atoms with E-state index in [0.29, 0.717) is 41.6 Å². The highest BCUT2D eigenvalue weighted by Crippen LogP contribution is 2.71. The number of hydrogen-bond acceptors (Lipinski definition) is 6. The van der Waals surface area contributed by atoms with Gasteiger partial charge in [-0.05, 0) is 63.1 Å². The maximum atomic E-state index is 14.6. The summed E-state index contributed by atoms with van der Waals surface area (Å²) >= 11 is 8.13. The molecular formula is C33H38ClN3O5S. The van der Waals surface area contributed by atoms with E-state index in [1.807, 2.05) is 38.1 Å². The number of nitrogens with zero attached hydrogens (tertiary/aromatic N) is 3. The Bertz CT molecular complexity index is 1420. The zero-order valence-corrected chi connectivity index (χ0v) is 26.2. The summed E-state index contributed by atoms with van der Waals surface area (Å²) in [5, 5.41) is 10.4. The molecule has 0 radical (unpaired) electrons. The normalized spacial score (nSPS) is 27.1. The number of aliphatic hydroxyl groups is 1. The molecule has 10 heteroatoms. The number of hydrogen-bond donors (Lipinski definition) is 1. The number of likely N-dealkylation sites (tertiary alicyclic amines) is 1. The van der Waals surface area contributed by atoms with Crippen molar-refractivity contribution in [3.8, 4) is 5.75 Å². The van der Waals surface area contributed by atoms with Crippen LogP contribution in [0, 0.1) is 11.8 Å². The quantitative estimate of drug-likeness (QED) is 0.337. The van der Waals surface area contributed by atoms with E-state index in [1.54, 1.807) is 58.0 Å². The molecule has 2 aromatic carbocycles. The molecule has 1 N–H and O–H groups in total. The number of fused-ring (bicyclic) bond motifs is 1. The fourth-order valence-electron chi connectivity index (χ4n) is 7.19. The van der Waals surface area contributed by atoms with Crippen LogP contribution >= 0.6 is 23.4 Å². The van der Waals surface area contributed by atoms with Gasteiger partial charge in [-0.2, -0.15) is 0 Å². The zero-order valence-electron chi connectivity index (χ0n) is 24.6. The number of para-hydroxylation sites is 1. The van der Waals surface area contributed by atoms with E-state index in [9.17, 15) is 19.5 Å². The molecule has 3 fully saturated rings. The van der Waals surface area contributed by atoms with Crippen LogP contribution in [0.15, 0.2) is 73.8 Å². The van der Waals surface area contributed by atoms with Crippen molar-refractivity contribution in [3.63, 3.8) is 0 Å². The second kappa shape index (κ2) is 12.4. The first-order chi connectivity index (χ1) is 20.7.